The molecule has 4 rings (SSSR count). The van der Waals surface area contributed by atoms with Gasteiger partial charge in [0.2, 0.25) is 0 Å². The molecule has 6 nitrogen and oxygen atoms in total. The van der Waals surface area contributed by atoms with Gasteiger partial charge in [-0.15, -0.1) is 0 Å². The standard InChI is InChI=1S/C21H26NO5P/c1-20(2)7-5-15-16-14(21(3,4)11-22-15)10-13-9-12(6-8-28(24,25)26)19(23)27-18(13)17(16)20/h6,8-10,15,22H,5,7,11H2,1-4H3,(H2,24,25,26)/b8-6+. The molecule has 0 amide bonds. The maximum atomic E-state index is 12.5. The molecule has 0 spiro atoms. The topological polar surface area (TPSA) is 99.8 Å². The number of rotatable bonds is 2. The fourth-order valence-corrected chi connectivity index (χ4v) is 4.99. The van der Waals surface area contributed by atoms with Gasteiger partial charge in [-0.1, -0.05) is 27.7 Å². The first-order valence-electron chi connectivity index (χ1n) is 9.53. The van der Waals surface area contributed by atoms with Crippen molar-refractivity contribution in [2.24, 2.45) is 0 Å². The number of fused-ring (bicyclic) bond motifs is 2. The smallest absolute Gasteiger partial charge is 0.349 e. The predicted octanol–water partition coefficient (Wildman–Crippen LogP) is 3.93. The zero-order valence-corrected chi connectivity index (χ0v) is 17.5. The molecular formula is C21H26NO5P. The van der Waals surface area contributed by atoms with E-state index in [0.29, 0.717) is 5.58 Å². The van der Waals surface area contributed by atoms with Gasteiger partial charge in [0, 0.05) is 34.8 Å². The summed E-state index contributed by atoms with van der Waals surface area (Å²) in [4.78, 5) is 30.7. The predicted molar refractivity (Wildman–Crippen MR) is 110 cm³/mol. The molecular weight excluding hydrogens is 377 g/mol. The second kappa shape index (κ2) is 6.14. The molecule has 2 aromatic rings. The van der Waals surface area contributed by atoms with Crippen molar-refractivity contribution in [1.29, 1.82) is 0 Å². The van der Waals surface area contributed by atoms with Crippen LogP contribution >= 0.6 is 7.60 Å². The van der Waals surface area contributed by atoms with Crippen LogP contribution in [0.15, 0.2) is 27.2 Å². The van der Waals surface area contributed by atoms with Gasteiger partial charge in [-0.05, 0) is 47.6 Å². The minimum atomic E-state index is -4.36. The Bertz CT molecular complexity index is 1100. The Hall–Kier alpha value is -1.72. The van der Waals surface area contributed by atoms with Crippen LogP contribution < -0.4 is 10.9 Å². The van der Waals surface area contributed by atoms with E-state index in [9.17, 15) is 9.36 Å². The highest BCUT2D eigenvalue weighted by atomic mass is 31.2. The molecule has 2 heterocycles. The lowest BCUT2D eigenvalue weighted by atomic mass is 9.64. The summed E-state index contributed by atoms with van der Waals surface area (Å²) in [5.41, 5.74) is 3.53. The lowest BCUT2D eigenvalue weighted by Gasteiger charge is -2.46. The first-order valence-corrected chi connectivity index (χ1v) is 11.2. The minimum Gasteiger partial charge on any atom is -0.422 e. The van der Waals surface area contributed by atoms with Crippen molar-refractivity contribution < 1.29 is 18.8 Å². The number of benzene rings is 1. The lowest BCUT2D eigenvalue weighted by Crippen LogP contribution is -2.45. The summed E-state index contributed by atoms with van der Waals surface area (Å²) >= 11 is 0. The van der Waals surface area contributed by atoms with Gasteiger partial charge < -0.3 is 19.5 Å². The fraction of sp³-hybridized carbons (Fsp3) is 0.476. The van der Waals surface area contributed by atoms with Crippen molar-refractivity contribution in [3.8, 4) is 0 Å². The molecule has 1 aromatic heterocycles. The molecule has 2 aliphatic rings. The van der Waals surface area contributed by atoms with Gasteiger partial charge in [0.15, 0.2) is 0 Å². The van der Waals surface area contributed by atoms with Gasteiger partial charge in [0.1, 0.15) is 5.58 Å². The normalized spacial score (nSPS) is 23.1. The Labute approximate surface area is 163 Å². The van der Waals surface area contributed by atoms with Crippen LogP contribution in [0.3, 0.4) is 0 Å². The van der Waals surface area contributed by atoms with Crippen molar-refractivity contribution in [3.05, 3.63) is 50.6 Å². The van der Waals surface area contributed by atoms with Crippen LogP contribution in [-0.2, 0) is 15.4 Å². The number of nitrogens with one attached hydrogen (secondary N) is 1. The van der Waals surface area contributed by atoms with E-state index in [1.165, 1.54) is 11.1 Å². The van der Waals surface area contributed by atoms with E-state index in [1.54, 1.807) is 6.07 Å². The van der Waals surface area contributed by atoms with E-state index in [0.717, 1.165) is 42.2 Å². The van der Waals surface area contributed by atoms with Crippen molar-refractivity contribution in [2.75, 3.05) is 6.54 Å². The molecule has 28 heavy (non-hydrogen) atoms. The van der Waals surface area contributed by atoms with Crippen LogP contribution in [0.5, 0.6) is 0 Å². The second-order valence-electron chi connectivity index (χ2n) is 9.27. The Balaban J connectivity index is 2.06. The largest absolute Gasteiger partial charge is 0.422 e. The van der Waals surface area contributed by atoms with E-state index in [4.69, 9.17) is 14.2 Å². The summed E-state index contributed by atoms with van der Waals surface area (Å²) in [6.45, 7) is 9.64. The molecule has 150 valence electrons. The SMILES string of the molecule is CC1(C)CNC2CCC(C)(C)c3c2c1cc1cc(/C=C/P(=O)(O)O)c(=O)oc31. The number of hydrogen-bond acceptors (Lipinski definition) is 4. The highest BCUT2D eigenvalue weighted by Crippen LogP contribution is 2.50. The van der Waals surface area contributed by atoms with Crippen LogP contribution in [0.2, 0.25) is 0 Å². The molecule has 0 radical (unpaired) electrons. The molecule has 1 aliphatic carbocycles. The van der Waals surface area contributed by atoms with Crippen molar-refractivity contribution in [2.45, 2.75) is 57.4 Å². The molecule has 1 aliphatic heterocycles. The molecule has 0 bridgehead atoms. The van der Waals surface area contributed by atoms with Gasteiger partial charge >= 0.3 is 13.2 Å². The molecule has 0 saturated carbocycles. The summed E-state index contributed by atoms with van der Waals surface area (Å²) in [5, 5.41) is 4.45. The third-order valence-electron chi connectivity index (χ3n) is 6.14. The van der Waals surface area contributed by atoms with Gasteiger partial charge in [0.25, 0.3) is 0 Å². The molecule has 3 N–H and O–H groups in total. The third-order valence-corrected chi connectivity index (χ3v) is 6.68. The fourth-order valence-electron chi connectivity index (χ4n) is 4.63. The summed E-state index contributed by atoms with van der Waals surface area (Å²) in [7, 11) is -4.36. The van der Waals surface area contributed by atoms with Gasteiger partial charge in [-0.25, -0.2) is 4.79 Å². The molecule has 0 saturated heterocycles. The zero-order chi connectivity index (χ0) is 20.5. The van der Waals surface area contributed by atoms with Gasteiger partial charge in [-0.2, -0.15) is 0 Å². The number of hydrogen-bond donors (Lipinski definition) is 3. The van der Waals surface area contributed by atoms with E-state index in [1.807, 2.05) is 0 Å². The van der Waals surface area contributed by atoms with E-state index in [-0.39, 0.29) is 22.4 Å². The molecule has 7 heteroatoms. The van der Waals surface area contributed by atoms with E-state index in [2.05, 4.69) is 39.1 Å². The average molecular weight is 403 g/mol. The van der Waals surface area contributed by atoms with Crippen molar-refractivity contribution in [3.63, 3.8) is 0 Å². The van der Waals surface area contributed by atoms with Crippen LogP contribution in [0.4, 0.5) is 0 Å². The molecule has 0 fully saturated rings. The summed E-state index contributed by atoms with van der Waals surface area (Å²) in [6, 6.07) is 4.03. The maximum Gasteiger partial charge on any atom is 0.349 e. The quantitative estimate of drug-likeness (QED) is 0.519. The van der Waals surface area contributed by atoms with Crippen LogP contribution in [0.1, 0.15) is 68.8 Å². The maximum absolute atomic E-state index is 12.5. The average Bonchev–Trinajstić information content (AvgIpc) is 2.56. The van der Waals surface area contributed by atoms with Gasteiger partial charge in [0.05, 0.1) is 5.56 Å². The first-order chi connectivity index (χ1) is 12.9. The zero-order valence-electron chi connectivity index (χ0n) is 16.6. The lowest BCUT2D eigenvalue weighted by molar-refractivity contribution is 0.305. The summed E-state index contributed by atoms with van der Waals surface area (Å²) < 4.78 is 16.9. The van der Waals surface area contributed by atoms with E-state index < -0.39 is 13.2 Å². The first kappa shape index (κ1) is 19.6. The molecule has 1 unspecified atom stereocenters. The third kappa shape index (κ3) is 3.18. The molecule has 1 atom stereocenters. The summed E-state index contributed by atoms with van der Waals surface area (Å²) in [6.07, 6.45) is 3.18. The van der Waals surface area contributed by atoms with Crippen LogP contribution in [0.25, 0.3) is 17.0 Å². The monoisotopic (exact) mass is 403 g/mol. The van der Waals surface area contributed by atoms with Crippen LogP contribution in [0, 0.1) is 0 Å². The molecule has 1 aromatic carbocycles. The highest BCUT2D eigenvalue weighted by Gasteiger charge is 2.42. The second-order valence-corrected chi connectivity index (χ2v) is 10.7. The van der Waals surface area contributed by atoms with Crippen molar-refractivity contribution >= 4 is 24.6 Å². The van der Waals surface area contributed by atoms with Gasteiger partial charge in [-0.3, -0.25) is 4.57 Å². The van der Waals surface area contributed by atoms with Crippen LogP contribution in [-0.4, -0.2) is 16.3 Å². The Morgan fingerprint density at radius 2 is 1.93 bits per heavy atom. The summed E-state index contributed by atoms with van der Waals surface area (Å²) in [5.74, 6) is 0.737. The Kier molecular flexibility index (Phi) is 4.29. The van der Waals surface area contributed by atoms with E-state index >= 15 is 0 Å². The van der Waals surface area contributed by atoms with Crippen molar-refractivity contribution in [1.82, 2.24) is 5.32 Å². The Morgan fingerprint density at radius 1 is 1.21 bits per heavy atom. The minimum absolute atomic E-state index is 0.0692. The Morgan fingerprint density at radius 3 is 2.61 bits per heavy atom. The highest BCUT2D eigenvalue weighted by molar-refractivity contribution is 7.55.